The molecule has 108 valence electrons. The Morgan fingerprint density at radius 2 is 2.14 bits per heavy atom. The number of carbonyl (C=O) groups is 1. The van der Waals surface area contributed by atoms with E-state index < -0.39 is 0 Å². The van der Waals surface area contributed by atoms with Crippen LogP contribution in [0.25, 0.3) is 0 Å². The number of aromatic nitrogens is 1. The lowest BCUT2D eigenvalue weighted by Crippen LogP contribution is -2.34. The Morgan fingerprint density at radius 3 is 2.90 bits per heavy atom. The van der Waals surface area contributed by atoms with Gasteiger partial charge in [0.25, 0.3) is 11.5 Å². The Hall–Kier alpha value is -1.88. The smallest absolute Gasteiger partial charge is 0.260 e. The second kappa shape index (κ2) is 5.85. The fraction of sp³-hybridized carbons (Fsp3) is 0.250. The number of benzene rings is 1. The quantitative estimate of drug-likeness (QED) is 0.908. The van der Waals surface area contributed by atoms with Gasteiger partial charge in [0.2, 0.25) is 0 Å². The van der Waals surface area contributed by atoms with Crippen LogP contribution in [0.4, 0.5) is 0 Å². The SMILES string of the molecule is O=C(c1ccc[nH]c1=O)N1CCC[C@H]1c1cccc(Br)c1. The van der Waals surface area contributed by atoms with E-state index >= 15 is 0 Å². The number of pyridine rings is 1. The van der Waals surface area contributed by atoms with E-state index in [2.05, 4.69) is 20.9 Å². The van der Waals surface area contributed by atoms with E-state index in [1.54, 1.807) is 17.0 Å². The molecule has 1 saturated heterocycles. The molecule has 0 unspecified atom stereocenters. The monoisotopic (exact) mass is 346 g/mol. The molecule has 0 radical (unpaired) electrons. The molecule has 4 nitrogen and oxygen atoms in total. The summed E-state index contributed by atoms with van der Waals surface area (Å²) >= 11 is 3.46. The zero-order valence-electron chi connectivity index (χ0n) is 11.4. The van der Waals surface area contributed by atoms with Gasteiger partial charge in [0.05, 0.1) is 6.04 Å². The number of halogens is 1. The minimum absolute atomic E-state index is 0.0367. The molecule has 5 heteroatoms. The first-order valence-corrected chi connectivity index (χ1v) is 7.70. The van der Waals surface area contributed by atoms with Crippen molar-refractivity contribution < 1.29 is 4.79 Å². The third kappa shape index (κ3) is 2.78. The van der Waals surface area contributed by atoms with Gasteiger partial charge < -0.3 is 9.88 Å². The van der Waals surface area contributed by atoms with E-state index in [4.69, 9.17) is 0 Å². The number of hydrogen-bond donors (Lipinski definition) is 1. The molecule has 0 saturated carbocycles. The minimum atomic E-state index is -0.331. The number of nitrogens with one attached hydrogen (secondary N) is 1. The number of H-pyrrole nitrogens is 1. The average Bonchev–Trinajstić information content (AvgIpc) is 2.96. The maximum absolute atomic E-state index is 12.6. The predicted octanol–water partition coefficient (Wildman–Crippen LogP) is 3.11. The van der Waals surface area contributed by atoms with Crippen LogP contribution in [0.15, 0.2) is 51.9 Å². The number of amides is 1. The lowest BCUT2D eigenvalue weighted by atomic mass is 10.0. The van der Waals surface area contributed by atoms with E-state index in [-0.39, 0.29) is 23.1 Å². The highest BCUT2D eigenvalue weighted by molar-refractivity contribution is 9.10. The second-order valence-electron chi connectivity index (χ2n) is 5.12. The van der Waals surface area contributed by atoms with Gasteiger partial charge in [0, 0.05) is 17.2 Å². The summed E-state index contributed by atoms with van der Waals surface area (Å²) in [6, 6.07) is 11.3. The third-order valence-corrected chi connectivity index (χ3v) is 4.29. The molecule has 0 aliphatic carbocycles. The number of aromatic amines is 1. The highest BCUT2D eigenvalue weighted by Gasteiger charge is 2.31. The van der Waals surface area contributed by atoms with Gasteiger partial charge in [-0.3, -0.25) is 9.59 Å². The van der Waals surface area contributed by atoms with Crippen LogP contribution in [0.5, 0.6) is 0 Å². The molecular weight excluding hydrogens is 332 g/mol. The number of likely N-dealkylation sites (tertiary alicyclic amines) is 1. The van der Waals surface area contributed by atoms with Crippen molar-refractivity contribution in [2.45, 2.75) is 18.9 Å². The molecule has 1 aromatic carbocycles. The van der Waals surface area contributed by atoms with E-state index in [0.29, 0.717) is 6.54 Å². The molecule has 0 spiro atoms. The molecule has 1 aliphatic heterocycles. The highest BCUT2D eigenvalue weighted by Crippen LogP contribution is 2.33. The number of hydrogen-bond acceptors (Lipinski definition) is 2. The summed E-state index contributed by atoms with van der Waals surface area (Å²) in [4.78, 5) is 28.8. The third-order valence-electron chi connectivity index (χ3n) is 3.80. The zero-order valence-corrected chi connectivity index (χ0v) is 13.0. The summed E-state index contributed by atoms with van der Waals surface area (Å²) in [5.74, 6) is -0.195. The minimum Gasteiger partial charge on any atom is -0.331 e. The Balaban J connectivity index is 1.93. The molecule has 0 bridgehead atoms. The van der Waals surface area contributed by atoms with Crippen LogP contribution >= 0.6 is 15.9 Å². The van der Waals surface area contributed by atoms with Crippen LogP contribution in [0, 0.1) is 0 Å². The van der Waals surface area contributed by atoms with E-state index in [9.17, 15) is 9.59 Å². The Kier molecular flexibility index (Phi) is 3.92. The fourth-order valence-electron chi connectivity index (χ4n) is 2.81. The van der Waals surface area contributed by atoms with Crippen molar-refractivity contribution in [2.24, 2.45) is 0 Å². The van der Waals surface area contributed by atoms with Gasteiger partial charge in [-0.15, -0.1) is 0 Å². The first kappa shape index (κ1) is 14.1. The van der Waals surface area contributed by atoms with Crippen LogP contribution < -0.4 is 5.56 Å². The van der Waals surface area contributed by atoms with Gasteiger partial charge in [-0.2, -0.15) is 0 Å². The Morgan fingerprint density at radius 1 is 1.29 bits per heavy atom. The van der Waals surface area contributed by atoms with Crippen LogP contribution in [0.1, 0.15) is 34.8 Å². The van der Waals surface area contributed by atoms with Crippen molar-refractivity contribution in [2.75, 3.05) is 6.54 Å². The maximum atomic E-state index is 12.6. The summed E-state index contributed by atoms with van der Waals surface area (Å²) in [5, 5.41) is 0. The van der Waals surface area contributed by atoms with Crippen molar-refractivity contribution >= 4 is 21.8 Å². The number of carbonyl (C=O) groups excluding carboxylic acids is 1. The lowest BCUT2D eigenvalue weighted by molar-refractivity contribution is 0.0734. The van der Waals surface area contributed by atoms with Gasteiger partial charge in [-0.05, 0) is 42.7 Å². The topological polar surface area (TPSA) is 53.2 Å². The van der Waals surface area contributed by atoms with Gasteiger partial charge >= 0.3 is 0 Å². The van der Waals surface area contributed by atoms with Crippen molar-refractivity contribution in [3.63, 3.8) is 0 Å². The second-order valence-corrected chi connectivity index (χ2v) is 6.04. The first-order valence-electron chi connectivity index (χ1n) is 6.91. The van der Waals surface area contributed by atoms with Crippen LogP contribution in [-0.2, 0) is 0 Å². The molecule has 2 aromatic rings. The number of rotatable bonds is 2. The summed E-state index contributed by atoms with van der Waals surface area (Å²) in [5.41, 5.74) is 0.976. The molecule has 1 aliphatic rings. The van der Waals surface area contributed by atoms with Crippen LogP contribution in [-0.4, -0.2) is 22.3 Å². The molecule has 1 N–H and O–H groups in total. The first-order chi connectivity index (χ1) is 10.2. The Labute approximate surface area is 130 Å². The van der Waals surface area contributed by atoms with E-state index in [1.165, 1.54) is 6.20 Å². The van der Waals surface area contributed by atoms with Gasteiger partial charge in [0.1, 0.15) is 5.56 Å². The average molecular weight is 347 g/mol. The number of nitrogens with zero attached hydrogens (tertiary/aromatic N) is 1. The van der Waals surface area contributed by atoms with Gasteiger partial charge in [-0.25, -0.2) is 0 Å². The van der Waals surface area contributed by atoms with Crippen molar-refractivity contribution in [1.82, 2.24) is 9.88 Å². The van der Waals surface area contributed by atoms with Crippen molar-refractivity contribution in [3.05, 3.63) is 68.5 Å². The molecule has 1 fully saturated rings. The zero-order chi connectivity index (χ0) is 14.8. The van der Waals surface area contributed by atoms with Crippen molar-refractivity contribution in [3.8, 4) is 0 Å². The van der Waals surface area contributed by atoms with E-state index in [0.717, 1.165) is 22.9 Å². The molecule has 2 heterocycles. The standard InChI is InChI=1S/C16H15BrN2O2/c17-12-5-1-4-11(10-12)14-7-3-9-19(14)16(21)13-6-2-8-18-15(13)20/h1-2,4-6,8,10,14H,3,7,9H2,(H,18,20)/t14-/m0/s1. The molecule has 1 amide bonds. The normalized spacial score (nSPS) is 18.0. The highest BCUT2D eigenvalue weighted by atomic mass is 79.9. The Bertz CT molecular complexity index is 726. The van der Waals surface area contributed by atoms with Crippen LogP contribution in [0.3, 0.4) is 0 Å². The lowest BCUT2D eigenvalue weighted by Gasteiger charge is -2.25. The molecule has 1 aromatic heterocycles. The van der Waals surface area contributed by atoms with Crippen molar-refractivity contribution in [1.29, 1.82) is 0 Å². The van der Waals surface area contributed by atoms with E-state index in [1.807, 2.05) is 24.3 Å². The summed E-state index contributed by atoms with van der Waals surface area (Å²) in [7, 11) is 0. The molecule has 21 heavy (non-hydrogen) atoms. The molecular formula is C16H15BrN2O2. The van der Waals surface area contributed by atoms with Gasteiger partial charge in [-0.1, -0.05) is 28.1 Å². The van der Waals surface area contributed by atoms with Gasteiger partial charge in [0.15, 0.2) is 0 Å². The molecule has 3 rings (SSSR count). The summed E-state index contributed by atoms with van der Waals surface area (Å²) < 4.78 is 0.997. The maximum Gasteiger partial charge on any atom is 0.260 e. The largest absolute Gasteiger partial charge is 0.331 e. The predicted molar refractivity (Wildman–Crippen MR) is 84.2 cm³/mol. The molecule has 1 atom stereocenters. The fourth-order valence-corrected chi connectivity index (χ4v) is 3.23. The summed E-state index contributed by atoms with van der Waals surface area (Å²) in [6.45, 7) is 0.685. The van der Waals surface area contributed by atoms with Crippen LogP contribution in [0.2, 0.25) is 0 Å². The summed E-state index contributed by atoms with van der Waals surface area (Å²) in [6.07, 6.45) is 3.41.